The fourth-order valence-electron chi connectivity index (χ4n) is 6.40. The second kappa shape index (κ2) is 6.74. The Labute approximate surface area is 190 Å². The van der Waals surface area contributed by atoms with E-state index in [0.29, 0.717) is 23.7 Å². The molecule has 1 spiro atoms. The Bertz CT molecular complexity index is 1240. The van der Waals surface area contributed by atoms with Crippen LogP contribution in [0.25, 0.3) is 0 Å². The summed E-state index contributed by atoms with van der Waals surface area (Å²) >= 11 is 0. The van der Waals surface area contributed by atoms with E-state index in [9.17, 15) is 19.2 Å². The summed E-state index contributed by atoms with van der Waals surface area (Å²) < 4.78 is 5.07. The second-order valence-corrected chi connectivity index (χ2v) is 9.28. The van der Waals surface area contributed by atoms with Crippen LogP contribution in [0.4, 0.5) is 11.4 Å². The van der Waals surface area contributed by atoms with Crippen molar-refractivity contribution >= 4 is 35.1 Å². The van der Waals surface area contributed by atoms with E-state index in [0.717, 1.165) is 24.0 Å². The normalized spacial score (nSPS) is 29.9. The second-order valence-electron chi connectivity index (χ2n) is 9.28. The number of rotatable bonds is 2. The Morgan fingerprint density at radius 2 is 1.85 bits per heavy atom. The van der Waals surface area contributed by atoms with Crippen molar-refractivity contribution in [1.82, 2.24) is 4.90 Å². The van der Waals surface area contributed by atoms with Gasteiger partial charge in [0, 0.05) is 24.2 Å². The lowest BCUT2D eigenvalue weighted by atomic mass is 9.75. The maximum absolute atomic E-state index is 13.9. The molecule has 0 unspecified atom stereocenters. The fraction of sp³-hybridized carbons (Fsp3) is 0.360. The maximum Gasteiger partial charge on any atom is 0.308 e. The van der Waals surface area contributed by atoms with Crippen molar-refractivity contribution in [2.75, 3.05) is 16.8 Å². The molecule has 3 saturated heterocycles. The molecule has 4 heterocycles. The molecule has 0 radical (unpaired) electrons. The number of hydrogen-bond donors (Lipinski definition) is 1. The first kappa shape index (κ1) is 20.1. The van der Waals surface area contributed by atoms with Gasteiger partial charge in [-0.05, 0) is 56.6 Å². The summed E-state index contributed by atoms with van der Waals surface area (Å²) in [7, 11) is 0. The van der Waals surface area contributed by atoms with Crippen LogP contribution >= 0.6 is 0 Å². The Balaban J connectivity index is 1.47. The summed E-state index contributed by atoms with van der Waals surface area (Å²) in [6.45, 7) is 3.95. The number of carbonyl (C=O) groups excluding carboxylic acids is 4. The molecule has 2 aromatic rings. The number of imide groups is 1. The number of nitrogens with one attached hydrogen (secondary N) is 1. The summed E-state index contributed by atoms with van der Waals surface area (Å²) in [5.74, 6) is -2.33. The Kier molecular flexibility index (Phi) is 4.11. The molecule has 1 N–H and O–H groups in total. The van der Waals surface area contributed by atoms with E-state index in [1.165, 1.54) is 11.8 Å². The van der Waals surface area contributed by atoms with Crippen LogP contribution in [0.2, 0.25) is 0 Å². The van der Waals surface area contributed by atoms with Crippen molar-refractivity contribution in [3.63, 3.8) is 0 Å². The average molecular weight is 445 g/mol. The molecular formula is C25H23N3O5. The number of carbonyl (C=O) groups is 4. The minimum Gasteiger partial charge on any atom is -0.427 e. The van der Waals surface area contributed by atoms with Gasteiger partial charge in [-0.1, -0.05) is 17.7 Å². The van der Waals surface area contributed by atoms with Crippen molar-refractivity contribution in [3.8, 4) is 5.75 Å². The zero-order valence-corrected chi connectivity index (χ0v) is 18.3. The van der Waals surface area contributed by atoms with E-state index in [1.807, 2.05) is 25.1 Å². The molecule has 0 aliphatic carbocycles. The third-order valence-electron chi connectivity index (χ3n) is 7.50. The topological polar surface area (TPSA) is 96.0 Å². The predicted octanol–water partition coefficient (Wildman–Crippen LogP) is 2.35. The van der Waals surface area contributed by atoms with Crippen LogP contribution in [0.5, 0.6) is 5.75 Å². The number of fused-ring (bicyclic) bond motifs is 7. The number of amides is 3. The third kappa shape index (κ3) is 2.49. The summed E-state index contributed by atoms with van der Waals surface area (Å²) in [5.41, 5.74) is 1.74. The number of ether oxygens (including phenoxy) is 1. The van der Waals surface area contributed by atoms with E-state index >= 15 is 0 Å². The summed E-state index contributed by atoms with van der Waals surface area (Å²) in [6.07, 6.45) is 1.65. The van der Waals surface area contributed by atoms with Gasteiger partial charge in [0.25, 0.3) is 0 Å². The molecule has 4 aliphatic rings. The van der Waals surface area contributed by atoms with Crippen molar-refractivity contribution < 1.29 is 23.9 Å². The highest BCUT2D eigenvalue weighted by Crippen LogP contribution is 2.60. The first-order valence-corrected chi connectivity index (χ1v) is 11.2. The van der Waals surface area contributed by atoms with Gasteiger partial charge in [-0.3, -0.25) is 24.1 Å². The van der Waals surface area contributed by atoms with Crippen LogP contribution in [0.15, 0.2) is 42.5 Å². The molecule has 6 rings (SSSR count). The molecule has 2 aromatic carbocycles. The quantitative estimate of drug-likeness (QED) is 0.433. The maximum atomic E-state index is 13.9. The van der Waals surface area contributed by atoms with Gasteiger partial charge in [0.1, 0.15) is 11.3 Å². The molecule has 4 aliphatic heterocycles. The third-order valence-corrected chi connectivity index (χ3v) is 7.50. The summed E-state index contributed by atoms with van der Waals surface area (Å²) in [6, 6.07) is 11.9. The summed E-state index contributed by atoms with van der Waals surface area (Å²) in [4.78, 5) is 55.7. The number of nitrogens with zero attached hydrogens (tertiary/aromatic N) is 2. The Morgan fingerprint density at radius 1 is 1.09 bits per heavy atom. The molecular weight excluding hydrogens is 422 g/mol. The smallest absolute Gasteiger partial charge is 0.308 e. The van der Waals surface area contributed by atoms with Gasteiger partial charge >= 0.3 is 5.97 Å². The molecule has 4 atom stereocenters. The highest BCUT2D eigenvalue weighted by atomic mass is 16.5. The molecule has 3 fully saturated rings. The van der Waals surface area contributed by atoms with Crippen molar-refractivity contribution in [1.29, 1.82) is 0 Å². The van der Waals surface area contributed by atoms with Gasteiger partial charge in [-0.2, -0.15) is 0 Å². The number of anilines is 2. The first-order chi connectivity index (χ1) is 15.8. The average Bonchev–Trinajstić information content (AvgIpc) is 3.47. The number of aryl methyl sites for hydroxylation is 1. The van der Waals surface area contributed by atoms with E-state index in [-0.39, 0.29) is 23.8 Å². The molecule has 33 heavy (non-hydrogen) atoms. The van der Waals surface area contributed by atoms with E-state index < -0.39 is 23.3 Å². The lowest BCUT2D eigenvalue weighted by Crippen LogP contribution is -2.54. The number of benzene rings is 2. The van der Waals surface area contributed by atoms with Crippen molar-refractivity contribution in [3.05, 3.63) is 53.6 Å². The molecule has 0 aromatic heterocycles. The zero-order chi connectivity index (χ0) is 23.1. The highest BCUT2D eigenvalue weighted by Gasteiger charge is 2.74. The molecule has 8 nitrogen and oxygen atoms in total. The largest absolute Gasteiger partial charge is 0.427 e. The molecule has 168 valence electrons. The minimum absolute atomic E-state index is 0.158. The van der Waals surface area contributed by atoms with Gasteiger partial charge in [0.15, 0.2) is 0 Å². The monoisotopic (exact) mass is 445 g/mol. The molecule has 0 bridgehead atoms. The van der Waals surface area contributed by atoms with Gasteiger partial charge < -0.3 is 10.1 Å². The Hall–Kier alpha value is -3.52. The number of hydrogen-bond acceptors (Lipinski definition) is 6. The summed E-state index contributed by atoms with van der Waals surface area (Å²) in [5, 5.41) is 2.99. The van der Waals surface area contributed by atoms with E-state index in [2.05, 4.69) is 10.2 Å². The minimum atomic E-state index is -1.17. The van der Waals surface area contributed by atoms with Crippen LogP contribution in [0.1, 0.15) is 30.9 Å². The lowest BCUT2D eigenvalue weighted by molar-refractivity contribution is -0.135. The standard InChI is InChI=1S/C25H23N3O5/c1-13-5-10-18-17(12-13)25(24(32)26-18)21-20(19-4-3-11-27(19)25)22(30)28(23(21)31)15-6-8-16(9-7-15)33-14(2)29/h5-10,12,19-21H,3-4,11H2,1-2H3,(H,26,32)/t19-,20-,21-,25+/m1/s1. The SMILES string of the molecule is CC(=O)Oc1ccc(N2C(=O)[C@@H]3[C@H]4CCCN4[C@]4(C(=O)Nc5ccc(C)cc54)[C@H]3C2=O)cc1. The lowest BCUT2D eigenvalue weighted by Gasteiger charge is -2.36. The predicted molar refractivity (Wildman–Crippen MR) is 118 cm³/mol. The van der Waals surface area contributed by atoms with Crippen LogP contribution in [-0.2, 0) is 24.7 Å². The van der Waals surface area contributed by atoms with Gasteiger partial charge in [-0.25, -0.2) is 4.90 Å². The zero-order valence-electron chi connectivity index (χ0n) is 18.3. The van der Waals surface area contributed by atoms with Crippen LogP contribution in [-0.4, -0.2) is 41.2 Å². The van der Waals surface area contributed by atoms with Crippen LogP contribution in [0.3, 0.4) is 0 Å². The van der Waals surface area contributed by atoms with Crippen LogP contribution in [0, 0.1) is 18.8 Å². The van der Waals surface area contributed by atoms with Gasteiger partial charge in [0.2, 0.25) is 17.7 Å². The van der Waals surface area contributed by atoms with E-state index in [4.69, 9.17) is 4.74 Å². The first-order valence-electron chi connectivity index (χ1n) is 11.2. The van der Waals surface area contributed by atoms with Crippen molar-refractivity contribution in [2.45, 2.75) is 38.3 Å². The highest BCUT2D eigenvalue weighted by molar-refractivity contribution is 6.25. The van der Waals surface area contributed by atoms with Gasteiger partial charge in [0.05, 0.1) is 17.5 Å². The van der Waals surface area contributed by atoms with Gasteiger partial charge in [-0.15, -0.1) is 0 Å². The van der Waals surface area contributed by atoms with Crippen LogP contribution < -0.4 is 15.0 Å². The Morgan fingerprint density at radius 3 is 2.58 bits per heavy atom. The molecule has 8 heteroatoms. The molecule has 3 amide bonds. The van der Waals surface area contributed by atoms with Crippen molar-refractivity contribution in [2.24, 2.45) is 11.8 Å². The number of esters is 1. The van der Waals surface area contributed by atoms with E-state index in [1.54, 1.807) is 24.3 Å². The fourth-order valence-corrected chi connectivity index (χ4v) is 6.40. The molecule has 0 saturated carbocycles.